The molecule has 0 aliphatic carbocycles. The maximum absolute atomic E-state index is 13.1. The lowest BCUT2D eigenvalue weighted by atomic mass is 10.1. The van der Waals surface area contributed by atoms with Crippen molar-refractivity contribution in [3.8, 4) is 6.07 Å². The summed E-state index contributed by atoms with van der Waals surface area (Å²) in [5.41, 5.74) is 2.28. The van der Waals surface area contributed by atoms with Crippen LogP contribution in [-0.2, 0) is 9.84 Å². The number of allylic oxidation sites excluding steroid dienone is 4. The molecule has 0 unspecified atom stereocenters. The van der Waals surface area contributed by atoms with Gasteiger partial charge in [0.2, 0.25) is 9.84 Å². The van der Waals surface area contributed by atoms with E-state index >= 15 is 0 Å². The fourth-order valence-electron chi connectivity index (χ4n) is 2.49. The Hall–Kier alpha value is -2.93. The van der Waals surface area contributed by atoms with Gasteiger partial charge in [0.1, 0.15) is 0 Å². The summed E-state index contributed by atoms with van der Waals surface area (Å²) in [6.07, 6.45) is 2.82. The van der Waals surface area contributed by atoms with Crippen molar-refractivity contribution in [3.05, 3.63) is 92.6 Å². The number of aryl methyl sites for hydroxylation is 1. The molecule has 2 aromatic rings. The molecule has 1 aromatic carbocycles. The standard InChI is InChI=1S/C19H12N2O2S2/c1-13-3-5-14(6-4-13)18-9-16(17(11-20)21-2)10-19(25(18,22)23)15-7-8-24-12-15/h3-10,12H,1H3/b17-16+. The number of rotatable bonds is 2. The highest BCUT2D eigenvalue weighted by Crippen LogP contribution is 2.39. The van der Waals surface area contributed by atoms with E-state index in [-0.39, 0.29) is 15.5 Å². The Morgan fingerprint density at radius 1 is 1.12 bits per heavy atom. The minimum absolute atomic E-state index is 0.0996. The van der Waals surface area contributed by atoms with E-state index in [2.05, 4.69) is 4.85 Å². The van der Waals surface area contributed by atoms with E-state index in [1.165, 1.54) is 23.5 Å². The van der Waals surface area contributed by atoms with E-state index in [0.717, 1.165) is 5.56 Å². The molecule has 1 aliphatic rings. The van der Waals surface area contributed by atoms with Crippen molar-refractivity contribution in [2.75, 3.05) is 0 Å². The van der Waals surface area contributed by atoms with Crippen LogP contribution in [-0.4, -0.2) is 8.42 Å². The molecule has 4 nitrogen and oxygen atoms in total. The second-order valence-electron chi connectivity index (χ2n) is 5.43. The van der Waals surface area contributed by atoms with Crippen LogP contribution < -0.4 is 0 Å². The average molecular weight is 364 g/mol. The van der Waals surface area contributed by atoms with Crippen LogP contribution in [0.3, 0.4) is 0 Å². The summed E-state index contributed by atoms with van der Waals surface area (Å²) < 4.78 is 26.3. The second kappa shape index (κ2) is 6.52. The second-order valence-corrected chi connectivity index (χ2v) is 8.09. The maximum atomic E-state index is 13.1. The van der Waals surface area contributed by atoms with Crippen LogP contribution in [0.5, 0.6) is 0 Å². The third kappa shape index (κ3) is 3.06. The monoisotopic (exact) mass is 364 g/mol. The summed E-state index contributed by atoms with van der Waals surface area (Å²) in [4.78, 5) is 3.43. The third-order valence-corrected chi connectivity index (χ3v) is 6.33. The highest BCUT2D eigenvalue weighted by atomic mass is 32.2. The topological polar surface area (TPSA) is 62.3 Å². The van der Waals surface area contributed by atoms with Gasteiger partial charge in [0, 0.05) is 5.56 Å². The van der Waals surface area contributed by atoms with Gasteiger partial charge in [-0.05, 0) is 47.0 Å². The average Bonchev–Trinajstić information content (AvgIpc) is 3.12. The summed E-state index contributed by atoms with van der Waals surface area (Å²) in [7, 11) is -3.75. The number of nitrogens with zero attached hydrogens (tertiary/aromatic N) is 2. The first-order valence-corrected chi connectivity index (χ1v) is 9.70. The largest absolute Gasteiger partial charge is 0.269 e. The van der Waals surface area contributed by atoms with Gasteiger partial charge in [-0.1, -0.05) is 29.8 Å². The SMILES string of the molecule is [C-]#[N+]/C(C#N)=C1\C=C(c2ccc(C)cc2)S(=O)(=O)C(c2ccsc2)=C1. The van der Waals surface area contributed by atoms with Crippen LogP contribution in [0, 0.1) is 24.8 Å². The van der Waals surface area contributed by atoms with Crippen LogP contribution in [0.15, 0.2) is 64.5 Å². The van der Waals surface area contributed by atoms with E-state index in [1.807, 2.05) is 25.1 Å². The zero-order chi connectivity index (χ0) is 18.0. The lowest BCUT2D eigenvalue weighted by molar-refractivity contribution is 0.614. The molecule has 1 aliphatic heterocycles. The van der Waals surface area contributed by atoms with Crippen molar-refractivity contribution in [2.24, 2.45) is 0 Å². The highest BCUT2D eigenvalue weighted by molar-refractivity contribution is 8.09. The predicted octanol–water partition coefficient (Wildman–Crippen LogP) is 4.56. The lowest BCUT2D eigenvalue weighted by Crippen LogP contribution is -2.10. The van der Waals surface area contributed by atoms with Crippen LogP contribution in [0.1, 0.15) is 16.7 Å². The van der Waals surface area contributed by atoms with E-state index in [4.69, 9.17) is 6.57 Å². The van der Waals surface area contributed by atoms with Crippen molar-refractivity contribution >= 4 is 31.0 Å². The molecular weight excluding hydrogens is 352 g/mol. The maximum Gasteiger partial charge on any atom is 0.269 e. The molecule has 25 heavy (non-hydrogen) atoms. The molecule has 0 atom stereocenters. The van der Waals surface area contributed by atoms with Crippen LogP contribution in [0.4, 0.5) is 0 Å². The van der Waals surface area contributed by atoms with Gasteiger partial charge in [0.25, 0.3) is 5.70 Å². The van der Waals surface area contributed by atoms with Gasteiger partial charge in [-0.2, -0.15) is 11.3 Å². The van der Waals surface area contributed by atoms with Crippen LogP contribution >= 0.6 is 11.3 Å². The number of hydrogen-bond donors (Lipinski definition) is 0. The molecule has 0 spiro atoms. The summed E-state index contributed by atoms with van der Waals surface area (Å²) in [5, 5.41) is 12.7. The van der Waals surface area contributed by atoms with Gasteiger partial charge in [-0.3, -0.25) is 0 Å². The lowest BCUT2D eigenvalue weighted by Gasteiger charge is -2.18. The summed E-state index contributed by atoms with van der Waals surface area (Å²) in [6.45, 7) is 9.09. The quantitative estimate of drug-likeness (QED) is 0.579. The molecule has 3 rings (SSSR count). The first kappa shape index (κ1) is 16.9. The van der Waals surface area contributed by atoms with Gasteiger partial charge >= 0.3 is 0 Å². The molecule has 0 bridgehead atoms. The molecule has 0 radical (unpaired) electrons. The fourth-order valence-corrected chi connectivity index (χ4v) is 4.90. The normalized spacial score (nSPS) is 17.7. The highest BCUT2D eigenvalue weighted by Gasteiger charge is 2.30. The zero-order valence-electron chi connectivity index (χ0n) is 13.2. The third-order valence-electron chi connectivity index (χ3n) is 3.79. The molecular formula is C19H12N2O2S2. The van der Waals surface area contributed by atoms with E-state index < -0.39 is 9.84 Å². The molecule has 122 valence electrons. The number of hydrogen-bond acceptors (Lipinski definition) is 4. The summed E-state index contributed by atoms with van der Waals surface area (Å²) in [5.74, 6) is 0. The number of benzene rings is 1. The Bertz CT molecular complexity index is 1090. The van der Waals surface area contributed by atoms with Gasteiger partial charge in [0.15, 0.2) is 0 Å². The molecule has 0 fully saturated rings. The van der Waals surface area contributed by atoms with Gasteiger partial charge in [0.05, 0.1) is 22.5 Å². The fraction of sp³-hybridized carbons (Fsp3) is 0.0526. The Balaban J connectivity index is 2.31. The number of sulfone groups is 1. The van der Waals surface area contributed by atoms with E-state index in [9.17, 15) is 13.7 Å². The molecule has 6 heteroatoms. The van der Waals surface area contributed by atoms with Crippen LogP contribution in [0.2, 0.25) is 0 Å². The molecule has 0 N–H and O–H groups in total. The van der Waals surface area contributed by atoms with Crippen molar-refractivity contribution < 1.29 is 8.42 Å². The Morgan fingerprint density at radius 3 is 2.28 bits per heavy atom. The van der Waals surface area contributed by atoms with Gasteiger partial charge in [-0.15, -0.1) is 0 Å². The smallest absolute Gasteiger partial charge is 0.226 e. The Labute approximate surface area is 150 Å². The first-order valence-electron chi connectivity index (χ1n) is 7.27. The zero-order valence-corrected chi connectivity index (χ0v) is 14.9. The minimum Gasteiger partial charge on any atom is -0.226 e. The van der Waals surface area contributed by atoms with Gasteiger partial charge < -0.3 is 0 Å². The Morgan fingerprint density at radius 2 is 1.76 bits per heavy atom. The number of thiophene rings is 1. The van der Waals surface area contributed by atoms with Crippen LogP contribution in [0.25, 0.3) is 14.7 Å². The van der Waals surface area contributed by atoms with Gasteiger partial charge in [-0.25, -0.2) is 18.5 Å². The van der Waals surface area contributed by atoms with E-state index in [1.54, 1.807) is 29.0 Å². The Kier molecular flexibility index (Phi) is 4.41. The number of nitriles is 1. The van der Waals surface area contributed by atoms with Crippen molar-refractivity contribution in [1.82, 2.24) is 0 Å². The molecule has 1 aromatic heterocycles. The predicted molar refractivity (Wildman–Crippen MR) is 99.6 cm³/mol. The van der Waals surface area contributed by atoms with Crippen molar-refractivity contribution in [2.45, 2.75) is 6.92 Å². The van der Waals surface area contributed by atoms with Crippen molar-refractivity contribution in [1.29, 1.82) is 5.26 Å². The minimum atomic E-state index is -3.75. The summed E-state index contributed by atoms with van der Waals surface area (Å²) >= 11 is 1.39. The van der Waals surface area contributed by atoms with E-state index in [0.29, 0.717) is 16.7 Å². The molecule has 2 heterocycles. The van der Waals surface area contributed by atoms with Crippen molar-refractivity contribution in [3.63, 3.8) is 0 Å². The molecule has 0 saturated carbocycles. The first-order chi connectivity index (χ1) is 12.0. The molecule has 0 amide bonds. The molecule has 0 saturated heterocycles. The summed E-state index contributed by atoms with van der Waals surface area (Å²) in [6, 6.07) is 10.7.